The maximum Gasteiger partial charge on any atom is 0.220 e. The van der Waals surface area contributed by atoms with Crippen molar-refractivity contribution in [2.45, 2.75) is 26.2 Å². The first-order valence-corrected chi connectivity index (χ1v) is 6.65. The lowest BCUT2D eigenvalue weighted by atomic mass is 10.1. The maximum atomic E-state index is 11.6. The number of aromatic nitrogens is 1. The van der Waals surface area contributed by atoms with Gasteiger partial charge in [-0.3, -0.25) is 4.79 Å². The number of rotatable bonds is 6. The van der Waals surface area contributed by atoms with Gasteiger partial charge in [0.05, 0.1) is 0 Å². The van der Waals surface area contributed by atoms with Crippen molar-refractivity contribution in [1.29, 1.82) is 0 Å². The Labute approximate surface area is 112 Å². The number of aryl methyl sites for hydroxylation is 2. The van der Waals surface area contributed by atoms with Gasteiger partial charge >= 0.3 is 0 Å². The third-order valence-corrected chi connectivity index (χ3v) is 3.29. The van der Waals surface area contributed by atoms with Crippen LogP contribution in [0.15, 0.2) is 24.4 Å². The van der Waals surface area contributed by atoms with Crippen LogP contribution >= 0.6 is 0 Å². The van der Waals surface area contributed by atoms with E-state index in [4.69, 9.17) is 5.11 Å². The van der Waals surface area contributed by atoms with Gasteiger partial charge in [0.25, 0.3) is 0 Å². The highest BCUT2D eigenvalue weighted by Crippen LogP contribution is 2.22. The van der Waals surface area contributed by atoms with Crippen molar-refractivity contribution in [2.24, 2.45) is 0 Å². The van der Waals surface area contributed by atoms with E-state index in [9.17, 15) is 4.79 Å². The van der Waals surface area contributed by atoms with Crippen LogP contribution in [0.1, 0.15) is 24.0 Å². The molecular formula is C15H20N2O2. The zero-order chi connectivity index (χ0) is 13.7. The fraction of sp³-hybridized carbons (Fsp3) is 0.400. The zero-order valence-corrected chi connectivity index (χ0v) is 11.2. The fourth-order valence-corrected chi connectivity index (χ4v) is 2.21. The van der Waals surface area contributed by atoms with Crippen LogP contribution in [0, 0.1) is 6.92 Å². The summed E-state index contributed by atoms with van der Waals surface area (Å²) in [6.45, 7) is 2.73. The number of nitrogens with one attached hydrogen (secondary N) is 2. The summed E-state index contributed by atoms with van der Waals surface area (Å²) < 4.78 is 0. The van der Waals surface area contributed by atoms with Crippen molar-refractivity contribution in [1.82, 2.24) is 10.3 Å². The molecule has 0 saturated carbocycles. The van der Waals surface area contributed by atoms with E-state index < -0.39 is 0 Å². The number of aromatic amines is 1. The maximum absolute atomic E-state index is 11.6. The molecule has 0 unspecified atom stereocenters. The molecule has 1 aromatic heterocycles. The lowest BCUT2D eigenvalue weighted by molar-refractivity contribution is -0.121. The number of fused-ring (bicyclic) bond motifs is 1. The number of amides is 1. The number of aliphatic hydroxyl groups excluding tert-OH is 1. The molecule has 2 aromatic rings. The number of H-pyrrole nitrogens is 1. The Bertz CT molecular complexity index is 560. The van der Waals surface area contributed by atoms with Crippen molar-refractivity contribution in [3.63, 3.8) is 0 Å². The van der Waals surface area contributed by atoms with Gasteiger partial charge in [0.1, 0.15) is 0 Å². The third kappa shape index (κ3) is 3.35. The first kappa shape index (κ1) is 13.6. The average Bonchev–Trinajstić information content (AvgIpc) is 2.81. The second kappa shape index (κ2) is 6.38. The molecule has 102 valence electrons. The number of aliphatic hydroxyl groups is 1. The highest BCUT2D eigenvalue weighted by molar-refractivity contribution is 5.86. The summed E-state index contributed by atoms with van der Waals surface area (Å²) in [4.78, 5) is 14.9. The van der Waals surface area contributed by atoms with Gasteiger partial charge in [0.15, 0.2) is 0 Å². The quantitative estimate of drug-likeness (QED) is 0.695. The van der Waals surface area contributed by atoms with Crippen LogP contribution in [0.5, 0.6) is 0 Å². The Morgan fingerprint density at radius 2 is 2.26 bits per heavy atom. The van der Waals surface area contributed by atoms with E-state index in [1.165, 1.54) is 16.5 Å². The smallest absolute Gasteiger partial charge is 0.220 e. The van der Waals surface area contributed by atoms with Crippen LogP contribution in [0.4, 0.5) is 0 Å². The van der Waals surface area contributed by atoms with Crippen LogP contribution < -0.4 is 5.32 Å². The van der Waals surface area contributed by atoms with E-state index in [1.54, 1.807) is 0 Å². The van der Waals surface area contributed by atoms with Gasteiger partial charge in [-0.2, -0.15) is 0 Å². The Morgan fingerprint density at radius 1 is 1.42 bits per heavy atom. The van der Waals surface area contributed by atoms with Gasteiger partial charge in [-0.05, 0) is 30.9 Å². The first-order valence-electron chi connectivity index (χ1n) is 6.65. The minimum atomic E-state index is 0.0375. The monoisotopic (exact) mass is 260 g/mol. The lowest BCUT2D eigenvalue weighted by Gasteiger charge is -2.03. The molecule has 2 rings (SSSR count). The molecule has 4 nitrogen and oxygen atoms in total. The number of carbonyl (C=O) groups is 1. The molecule has 1 aromatic carbocycles. The SMILES string of the molecule is Cc1cccc2c(CCC(=O)NCCCO)c[nH]c12. The minimum Gasteiger partial charge on any atom is -0.396 e. The summed E-state index contributed by atoms with van der Waals surface area (Å²) in [5.41, 5.74) is 3.55. The zero-order valence-electron chi connectivity index (χ0n) is 11.2. The molecular weight excluding hydrogens is 240 g/mol. The number of benzene rings is 1. The Kier molecular flexibility index (Phi) is 4.58. The summed E-state index contributed by atoms with van der Waals surface area (Å²) in [6, 6.07) is 6.19. The molecule has 1 amide bonds. The van der Waals surface area contributed by atoms with E-state index in [1.807, 2.05) is 12.3 Å². The fourth-order valence-electron chi connectivity index (χ4n) is 2.21. The predicted octanol–water partition coefficient (Wildman–Crippen LogP) is 1.91. The molecule has 0 saturated heterocycles. The number of para-hydroxylation sites is 1. The summed E-state index contributed by atoms with van der Waals surface area (Å²) in [5, 5.41) is 12.6. The lowest BCUT2D eigenvalue weighted by Crippen LogP contribution is -2.25. The molecule has 4 heteroatoms. The third-order valence-electron chi connectivity index (χ3n) is 3.29. The molecule has 0 radical (unpaired) electrons. The number of carbonyl (C=O) groups excluding carboxylic acids is 1. The first-order chi connectivity index (χ1) is 9.22. The molecule has 3 N–H and O–H groups in total. The molecule has 0 aliphatic carbocycles. The molecule has 0 aliphatic rings. The predicted molar refractivity (Wildman–Crippen MR) is 76.1 cm³/mol. The van der Waals surface area contributed by atoms with E-state index >= 15 is 0 Å². The van der Waals surface area contributed by atoms with Crippen LogP contribution in [0.3, 0.4) is 0 Å². The van der Waals surface area contributed by atoms with Gasteiger partial charge in [-0.25, -0.2) is 0 Å². The normalized spacial score (nSPS) is 10.8. The van der Waals surface area contributed by atoms with Gasteiger partial charge < -0.3 is 15.4 Å². The van der Waals surface area contributed by atoms with E-state index in [0.29, 0.717) is 19.4 Å². The van der Waals surface area contributed by atoms with E-state index in [2.05, 4.69) is 29.4 Å². The highest BCUT2D eigenvalue weighted by Gasteiger charge is 2.07. The average molecular weight is 260 g/mol. The summed E-state index contributed by atoms with van der Waals surface area (Å²) in [7, 11) is 0. The second-order valence-electron chi connectivity index (χ2n) is 4.74. The molecule has 0 aliphatic heterocycles. The van der Waals surface area contributed by atoms with Gasteiger partial charge in [0, 0.05) is 36.7 Å². The van der Waals surface area contributed by atoms with E-state index in [0.717, 1.165) is 11.9 Å². The van der Waals surface area contributed by atoms with Gasteiger partial charge in [0.2, 0.25) is 5.91 Å². The molecule has 0 fully saturated rings. The summed E-state index contributed by atoms with van der Waals surface area (Å²) >= 11 is 0. The molecule has 0 bridgehead atoms. The number of hydrogen-bond acceptors (Lipinski definition) is 2. The molecule has 19 heavy (non-hydrogen) atoms. The second-order valence-corrected chi connectivity index (χ2v) is 4.74. The summed E-state index contributed by atoms with van der Waals surface area (Å²) in [6.07, 6.45) is 3.80. The molecule has 1 heterocycles. The Morgan fingerprint density at radius 3 is 3.05 bits per heavy atom. The highest BCUT2D eigenvalue weighted by atomic mass is 16.3. The van der Waals surface area contributed by atoms with Gasteiger partial charge in [-0.15, -0.1) is 0 Å². The van der Waals surface area contributed by atoms with Crippen LogP contribution in [0.25, 0.3) is 10.9 Å². The Balaban J connectivity index is 1.95. The van der Waals surface area contributed by atoms with E-state index in [-0.39, 0.29) is 12.5 Å². The van der Waals surface area contributed by atoms with Crippen LogP contribution in [0.2, 0.25) is 0 Å². The topological polar surface area (TPSA) is 65.1 Å². The van der Waals surface area contributed by atoms with Crippen LogP contribution in [-0.2, 0) is 11.2 Å². The van der Waals surface area contributed by atoms with Gasteiger partial charge in [-0.1, -0.05) is 18.2 Å². The van der Waals surface area contributed by atoms with Crippen molar-refractivity contribution in [3.05, 3.63) is 35.5 Å². The molecule has 0 atom stereocenters. The number of hydrogen-bond donors (Lipinski definition) is 3. The minimum absolute atomic E-state index is 0.0375. The molecule has 0 spiro atoms. The van der Waals surface area contributed by atoms with Crippen molar-refractivity contribution in [2.75, 3.05) is 13.2 Å². The van der Waals surface area contributed by atoms with Crippen molar-refractivity contribution < 1.29 is 9.90 Å². The Hall–Kier alpha value is -1.81. The summed E-state index contributed by atoms with van der Waals surface area (Å²) in [5.74, 6) is 0.0375. The standard InChI is InChI=1S/C15H20N2O2/c1-11-4-2-5-13-12(10-17-15(11)13)6-7-14(19)16-8-3-9-18/h2,4-5,10,17-18H,3,6-9H2,1H3,(H,16,19). The largest absolute Gasteiger partial charge is 0.396 e. The van der Waals surface area contributed by atoms with Crippen molar-refractivity contribution >= 4 is 16.8 Å². The van der Waals surface area contributed by atoms with Crippen molar-refractivity contribution in [3.8, 4) is 0 Å². The van der Waals surface area contributed by atoms with Crippen LogP contribution in [-0.4, -0.2) is 29.1 Å².